The van der Waals surface area contributed by atoms with Crippen molar-refractivity contribution in [2.45, 2.75) is 39.2 Å². The van der Waals surface area contributed by atoms with Crippen LogP contribution >= 0.6 is 24.0 Å². The summed E-state index contributed by atoms with van der Waals surface area (Å²) in [5.41, 5.74) is 2.18. The Morgan fingerprint density at radius 2 is 1.54 bits per heavy atom. The molecule has 0 saturated carbocycles. The van der Waals surface area contributed by atoms with Gasteiger partial charge in [0, 0.05) is 18.6 Å². The van der Waals surface area contributed by atoms with E-state index >= 15 is 0 Å². The molecule has 0 bridgehead atoms. The lowest BCUT2D eigenvalue weighted by Gasteiger charge is -1.98. The predicted octanol–water partition coefficient (Wildman–Crippen LogP) is 4.47. The minimum absolute atomic E-state index is 0. The third kappa shape index (κ3) is 10.3. The highest BCUT2D eigenvalue weighted by Crippen LogP contribution is 2.17. The third-order valence-electron chi connectivity index (χ3n) is 3.10. The maximum Gasteiger partial charge on any atom is 1.47 e. The van der Waals surface area contributed by atoms with Gasteiger partial charge >= 0.3 is 25.4 Å². The van der Waals surface area contributed by atoms with Gasteiger partial charge in [0.25, 0.3) is 0 Å². The van der Waals surface area contributed by atoms with Gasteiger partial charge in [-0.2, -0.15) is 0 Å². The fourth-order valence-electron chi connectivity index (χ4n) is 1.82. The first-order chi connectivity index (χ1) is 11.0. The van der Waals surface area contributed by atoms with E-state index in [0.29, 0.717) is 0 Å². The summed E-state index contributed by atoms with van der Waals surface area (Å²) in [5.74, 6) is 5.38. The average Bonchev–Trinajstić information content (AvgIpc) is 2.54. The zero-order valence-electron chi connectivity index (χ0n) is 14.3. The van der Waals surface area contributed by atoms with Crippen molar-refractivity contribution in [1.29, 1.82) is 0 Å². The molecule has 123 valence electrons. The molecule has 0 aliphatic carbocycles. The second-order valence-electron chi connectivity index (χ2n) is 5.30. The number of benzene rings is 2. The molecule has 2 aromatic rings. The smallest absolute Gasteiger partial charge is 0.381 e. The molecule has 1 nitrogen and oxygen atoms in total. The van der Waals surface area contributed by atoms with Crippen LogP contribution in [0.5, 0.6) is 0 Å². The van der Waals surface area contributed by atoms with Crippen LogP contribution in [0.1, 0.15) is 33.1 Å². The Balaban J connectivity index is 0.000000468. The fourth-order valence-corrected chi connectivity index (χ4v) is 2.06. The maximum atomic E-state index is 12.7. The molecule has 2 aromatic carbocycles. The minimum atomic E-state index is -0.457. The first kappa shape index (κ1) is 23.4. The Bertz CT molecular complexity index is 584. The first-order valence-electron chi connectivity index (χ1n) is 7.87. The van der Waals surface area contributed by atoms with Crippen molar-refractivity contribution in [3.05, 3.63) is 54.3 Å². The fraction of sp³-hybridized carbons (Fsp3) is 0.300. The van der Waals surface area contributed by atoms with Crippen LogP contribution in [0.3, 0.4) is 0 Å². The average molecular weight is 450 g/mol. The predicted molar refractivity (Wildman–Crippen MR) is 112 cm³/mol. The Labute approximate surface area is 174 Å². The zero-order valence-corrected chi connectivity index (χ0v) is 18.0. The summed E-state index contributed by atoms with van der Waals surface area (Å²) in [6.07, 6.45) is 2.78. The van der Waals surface area contributed by atoms with Crippen molar-refractivity contribution in [3.63, 3.8) is 0 Å². The second-order valence-corrected chi connectivity index (χ2v) is 6.12. The van der Waals surface area contributed by atoms with E-state index in [9.17, 15) is 4.39 Å². The Morgan fingerprint density at radius 3 is 2.00 bits per heavy atom. The number of hydrogen-bond acceptors (Lipinski definition) is 1. The van der Waals surface area contributed by atoms with Crippen LogP contribution in [-0.2, 0) is 0 Å². The highest BCUT2D eigenvalue weighted by molar-refractivity contribution is 14.0. The molecule has 0 spiro atoms. The SMILES string of the molecule is CCCCC#CC(C)O.Fc1ccc(-c2cc[c]([Mg+2])cc2)cc1.I. The van der Waals surface area contributed by atoms with Gasteiger partial charge in [-0.1, -0.05) is 31.4 Å². The van der Waals surface area contributed by atoms with Crippen molar-refractivity contribution in [3.8, 4) is 23.0 Å². The molecule has 0 aromatic heterocycles. The Hall–Kier alpha value is -0.614. The van der Waals surface area contributed by atoms with E-state index in [2.05, 4.69) is 43.0 Å². The topological polar surface area (TPSA) is 20.2 Å². The van der Waals surface area contributed by atoms with Crippen molar-refractivity contribution in [2.24, 2.45) is 0 Å². The standard InChI is InChI=1S/C12H8F.C8H14O.HI.Mg/c13-12-8-6-11(7-9-12)10-4-2-1-3-5-10;1-3-4-5-6-7-8(2)9;;/h2-9H;8-9H,3-5H2,1-2H3;1H;/q;;;+2. The number of aliphatic hydroxyl groups is 1. The lowest BCUT2D eigenvalue weighted by molar-refractivity contribution is 0.253. The molecule has 0 heterocycles. The molecule has 2 rings (SSSR count). The molecule has 0 amide bonds. The van der Waals surface area contributed by atoms with Gasteiger partial charge in [-0.25, -0.2) is 4.39 Å². The van der Waals surface area contributed by atoms with E-state index in [4.69, 9.17) is 5.11 Å². The highest BCUT2D eigenvalue weighted by atomic mass is 127. The Kier molecular flexibility index (Phi) is 13.3. The number of halogens is 2. The zero-order chi connectivity index (χ0) is 17.1. The van der Waals surface area contributed by atoms with Crippen LogP contribution in [0.15, 0.2) is 48.5 Å². The van der Waals surface area contributed by atoms with Crippen LogP contribution < -0.4 is 3.69 Å². The van der Waals surface area contributed by atoms with Gasteiger partial charge in [-0.05, 0) is 48.7 Å². The van der Waals surface area contributed by atoms with Gasteiger partial charge in [-0.15, -0.1) is 29.9 Å². The largest absolute Gasteiger partial charge is 1.47 e. The van der Waals surface area contributed by atoms with Gasteiger partial charge in [0.15, 0.2) is 0 Å². The van der Waals surface area contributed by atoms with E-state index < -0.39 is 6.10 Å². The summed E-state index contributed by atoms with van der Waals surface area (Å²) in [6, 6.07) is 14.8. The summed E-state index contributed by atoms with van der Waals surface area (Å²) in [7, 11) is 0. The van der Waals surface area contributed by atoms with Gasteiger partial charge in [0.05, 0.1) is 0 Å². The van der Waals surface area contributed by atoms with Crippen LogP contribution in [0.2, 0.25) is 0 Å². The molecule has 1 N–H and O–H groups in total. The molecule has 0 aliphatic heterocycles. The monoisotopic (exact) mass is 449 g/mol. The summed E-state index contributed by atoms with van der Waals surface area (Å²) in [4.78, 5) is 0. The van der Waals surface area contributed by atoms with Gasteiger partial charge in [0.2, 0.25) is 0 Å². The molecule has 24 heavy (non-hydrogen) atoms. The molecule has 0 fully saturated rings. The number of rotatable bonds is 3. The quantitative estimate of drug-likeness (QED) is 0.317. The summed E-state index contributed by atoms with van der Waals surface area (Å²) >= 11 is 1.85. The van der Waals surface area contributed by atoms with E-state index in [1.54, 1.807) is 19.1 Å². The van der Waals surface area contributed by atoms with Crippen LogP contribution in [-0.4, -0.2) is 32.9 Å². The number of unbranched alkanes of at least 4 members (excludes halogenated alkanes) is 2. The lowest BCUT2D eigenvalue weighted by atomic mass is 10.1. The summed E-state index contributed by atoms with van der Waals surface area (Å²) in [6.45, 7) is 3.81. The normalized spacial score (nSPS) is 10.4. The molecular weight excluding hydrogens is 426 g/mol. The molecule has 4 heteroatoms. The van der Waals surface area contributed by atoms with Gasteiger partial charge < -0.3 is 5.11 Å². The number of hydrogen-bond donors (Lipinski definition) is 1. The summed E-state index contributed by atoms with van der Waals surface area (Å²) in [5, 5.41) is 8.68. The lowest BCUT2D eigenvalue weighted by Crippen LogP contribution is -1.99. The van der Waals surface area contributed by atoms with Crippen molar-refractivity contribution in [2.75, 3.05) is 0 Å². The molecular formula is C20H23FIMgO+2. The highest BCUT2D eigenvalue weighted by Gasteiger charge is 2.29. The van der Waals surface area contributed by atoms with Crippen molar-refractivity contribution >= 4 is 49.4 Å². The molecule has 1 unspecified atom stereocenters. The van der Waals surface area contributed by atoms with E-state index in [0.717, 1.165) is 24.0 Å². The number of aliphatic hydroxyl groups excluding tert-OH is 1. The maximum absolute atomic E-state index is 12.7. The third-order valence-corrected chi connectivity index (χ3v) is 3.57. The molecule has 7 radical (unpaired) electrons. The molecule has 0 aliphatic rings. The summed E-state index contributed by atoms with van der Waals surface area (Å²) < 4.78 is 13.9. The van der Waals surface area contributed by atoms with Gasteiger partial charge in [-0.3, -0.25) is 0 Å². The van der Waals surface area contributed by atoms with E-state index in [-0.39, 0.29) is 29.8 Å². The Morgan fingerprint density at radius 1 is 1.04 bits per heavy atom. The van der Waals surface area contributed by atoms with Crippen LogP contribution in [0, 0.1) is 17.7 Å². The van der Waals surface area contributed by atoms with Crippen molar-refractivity contribution in [1.82, 2.24) is 0 Å². The molecule has 0 saturated heterocycles. The minimum Gasteiger partial charge on any atom is -0.381 e. The van der Waals surface area contributed by atoms with E-state index in [1.807, 2.05) is 21.7 Å². The van der Waals surface area contributed by atoms with Gasteiger partial charge in [0.1, 0.15) is 11.9 Å². The van der Waals surface area contributed by atoms with Crippen LogP contribution in [0.25, 0.3) is 11.1 Å². The van der Waals surface area contributed by atoms with Crippen LogP contribution in [0.4, 0.5) is 4.39 Å². The molecule has 1 atom stereocenters. The first-order valence-corrected chi connectivity index (χ1v) is 8.58. The van der Waals surface area contributed by atoms with Crippen molar-refractivity contribution < 1.29 is 9.50 Å². The second kappa shape index (κ2) is 13.7. The van der Waals surface area contributed by atoms with E-state index in [1.165, 1.54) is 22.2 Å².